The van der Waals surface area contributed by atoms with Crippen LogP contribution in [0.25, 0.3) is 0 Å². The number of ketones is 1. The molecule has 1 atom stereocenters. The van der Waals surface area contributed by atoms with Crippen LogP contribution in [0.3, 0.4) is 0 Å². The van der Waals surface area contributed by atoms with E-state index in [-0.39, 0.29) is 17.8 Å². The van der Waals surface area contributed by atoms with Crippen molar-refractivity contribution >= 4 is 18.7 Å². The van der Waals surface area contributed by atoms with Crippen molar-refractivity contribution in [2.24, 2.45) is 0 Å². The van der Waals surface area contributed by atoms with Gasteiger partial charge in [-0.05, 0) is 26.3 Å². The van der Waals surface area contributed by atoms with Crippen LogP contribution in [0.4, 0.5) is 0 Å². The summed E-state index contributed by atoms with van der Waals surface area (Å²) in [5.74, 6) is 0.134. The molecular formula is C14H22BO3. The van der Waals surface area contributed by atoms with Crippen molar-refractivity contribution in [1.29, 1.82) is 0 Å². The fraction of sp³-hybridized carbons (Fsp3) is 0.500. The number of aliphatic hydroxyl groups is 1. The molecule has 1 rings (SSSR count). The fourth-order valence-electron chi connectivity index (χ4n) is 1.35. The first-order chi connectivity index (χ1) is 8.50. The van der Waals surface area contributed by atoms with Crippen molar-refractivity contribution in [2.75, 3.05) is 7.11 Å². The molecule has 1 aromatic carbocycles. The third-order valence-corrected chi connectivity index (χ3v) is 2.50. The molecule has 0 aliphatic carbocycles. The summed E-state index contributed by atoms with van der Waals surface area (Å²) in [6, 6.07) is 7.89. The highest BCUT2D eigenvalue weighted by atomic mass is 16.4. The zero-order valence-electron chi connectivity index (χ0n) is 11.8. The number of rotatable bonds is 5. The third-order valence-electron chi connectivity index (χ3n) is 2.50. The van der Waals surface area contributed by atoms with Gasteiger partial charge in [-0.1, -0.05) is 36.7 Å². The van der Waals surface area contributed by atoms with E-state index in [1.807, 2.05) is 45.0 Å². The fourth-order valence-corrected chi connectivity index (χ4v) is 1.35. The van der Waals surface area contributed by atoms with Crippen LogP contribution in [0.5, 0.6) is 0 Å². The highest BCUT2D eigenvalue weighted by Gasteiger charge is 2.11. The molecule has 0 spiro atoms. The van der Waals surface area contributed by atoms with E-state index in [1.165, 1.54) is 0 Å². The Balaban J connectivity index is 0.00000137. The lowest BCUT2D eigenvalue weighted by molar-refractivity contribution is -0.118. The third kappa shape index (κ3) is 5.98. The van der Waals surface area contributed by atoms with E-state index in [0.717, 1.165) is 18.1 Å². The molecule has 0 bridgehead atoms. The summed E-state index contributed by atoms with van der Waals surface area (Å²) >= 11 is 0. The van der Waals surface area contributed by atoms with Crippen molar-refractivity contribution in [3.8, 4) is 0 Å². The number of aliphatic hydroxyl groups excluding tert-OH is 1. The number of Topliss-reactive ketones (excluding diaryl/α,β-unsaturated/α-hetero) is 1. The molecule has 4 heteroatoms. The van der Waals surface area contributed by atoms with E-state index in [4.69, 9.17) is 9.76 Å². The minimum atomic E-state index is -0.0487. The molecule has 3 nitrogen and oxygen atoms in total. The lowest BCUT2D eigenvalue weighted by Crippen LogP contribution is -2.21. The number of hydrogen-bond acceptors (Lipinski definition) is 3. The molecule has 0 aromatic heterocycles. The van der Waals surface area contributed by atoms with Gasteiger partial charge in [-0.15, -0.1) is 0 Å². The molecule has 1 aromatic rings. The standard InChI is InChI=1S/C13H18BO2.CH4O/c1-9(2)16-14-13-7-5-6-12(8-13)10(3)11(4)15;1-2/h5-10H,1-4H3;2H,1H3. The lowest BCUT2D eigenvalue weighted by Gasteiger charge is -2.10. The molecule has 99 valence electrons. The predicted molar refractivity (Wildman–Crippen MR) is 75.3 cm³/mol. The Hall–Kier alpha value is -1.13. The van der Waals surface area contributed by atoms with Gasteiger partial charge in [0.15, 0.2) is 0 Å². The normalized spacial score (nSPS) is 11.5. The zero-order chi connectivity index (χ0) is 14.1. The van der Waals surface area contributed by atoms with Gasteiger partial charge in [0.2, 0.25) is 0 Å². The smallest absolute Gasteiger partial charge is 0.330 e. The van der Waals surface area contributed by atoms with Gasteiger partial charge in [0.1, 0.15) is 5.78 Å². The molecule has 0 aliphatic heterocycles. The van der Waals surface area contributed by atoms with Gasteiger partial charge in [-0.25, -0.2) is 0 Å². The second-order valence-electron chi connectivity index (χ2n) is 4.31. The van der Waals surface area contributed by atoms with Crippen LogP contribution in [0, 0.1) is 0 Å². The zero-order valence-corrected chi connectivity index (χ0v) is 11.8. The minimum Gasteiger partial charge on any atom is -0.432 e. The first-order valence-corrected chi connectivity index (χ1v) is 6.04. The quantitative estimate of drug-likeness (QED) is 0.807. The first-order valence-electron chi connectivity index (χ1n) is 6.04. The van der Waals surface area contributed by atoms with E-state index < -0.39 is 0 Å². The topological polar surface area (TPSA) is 46.5 Å². The summed E-state index contributed by atoms with van der Waals surface area (Å²) in [5, 5.41) is 7.00. The SMILES string of the molecule is CC(=O)C(C)c1cccc([B]OC(C)C)c1.CO. The number of hydrogen-bond donors (Lipinski definition) is 1. The molecule has 0 fully saturated rings. The molecule has 0 saturated heterocycles. The summed E-state index contributed by atoms with van der Waals surface area (Å²) in [5.41, 5.74) is 2.04. The summed E-state index contributed by atoms with van der Waals surface area (Å²) in [6.07, 6.45) is 0.175. The van der Waals surface area contributed by atoms with Crippen LogP contribution in [-0.4, -0.2) is 31.6 Å². The van der Waals surface area contributed by atoms with Crippen LogP contribution >= 0.6 is 0 Å². The van der Waals surface area contributed by atoms with Crippen molar-refractivity contribution in [1.82, 2.24) is 0 Å². The molecular weight excluding hydrogens is 227 g/mol. The average molecular weight is 249 g/mol. The molecule has 1 unspecified atom stereocenters. The van der Waals surface area contributed by atoms with Crippen molar-refractivity contribution in [3.63, 3.8) is 0 Å². The van der Waals surface area contributed by atoms with Crippen LogP contribution in [0.15, 0.2) is 24.3 Å². The van der Waals surface area contributed by atoms with Gasteiger partial charge in [0, 0.05) is 19.1 Å². The summed E-state index contributed by atoms with van der Waals surface area (Å²) in [4.78, 5) is 11.3. The van der Waals surface area contributed by atoms with E-state index in [1.54, 1.807) is 14.4 Å². The molecule has 0 amide bonds. The number of carbonyl (C=O) groups is 1. The van der Waals surface area contributed by atoms with Gasteiger partial charge in [-0.3, -0.25) is 4.79 Å². The van der Waals surface area contributed by atoms with Gasteiger partial charge in [0.25, 0.3) is 0 Å². The average Bonchev–Trinajstić information content (AvgIpc) is 2.38. The van der Waals surface area contributed by atoms with Gasteiger partial charge in [0.05, 0.1) is 0 Å². The van der Waals surface area contributed by atoms with Crippen LogP contribution < -0.4 is 5.46 Å². The maximum absolute atomic E-state index is 11.3. The Kier molecular flexibility index (Phi) is 8.34. The van der Waals surface area contributed by atoms with E-state index in [0.29, 0.717) is 0 Å². The molecule has 1 N–H and O–H groups in total. The predicted octanol–water partition coefficient (Wildman–Crippen LogP) is 1.66. The Morgan fingerprint density at radius 1 is 1.28 bits per heavy atom. The lowest BCUT2D eigenvalue weighted by atomic mass is 9.84. The van der Waals surface area contributed by atoms with Crippen LogP contribution in [-0.2, 0) is 9.45 Å². The molecule has 0 heterocycles. The van der Waals surface area contributed by atoms with Gasteiger partial charge >= 0.3 is 7.48 Å². The largest absolute Gasteiger partial charge is 0.432 e. The number of carbonyl (C=O) groups excluding carboxylic acids is 1. The van der Waals surface area contributed by atoms with Gasteiger partial charge in [-0.2, -0.15) is 0 Å². The van der Waals surface area contributed by atoms with E-state index in [2.05, 4.69) is 0 Å². The highest BCUT2D eigenvalue weighted by molar-refractivity contribution is 6.47. The molecule has 18 heavy (non-hydrogen) atoms. The minimum absolute atomic E-state index is 0.0487. The Labute approximate surface area is 110 Å². The second-order valence-corrected chi connectivity index (χ2v) is 4.31. The number of benzene rings is 1. The van der Waals surface area contributed by atoms with Crippen LogP contribution in [0.1, 0.15) is 39.2 Å². The van der Waals surface area contributed by atoms with Crippen molar-refractivity contribution < 1.29 is 14.6 Å². The maximum atomic E-state index is 11.3. The van der Waals surface area contributed by atoms with Crippen molar-refractivity contribution in [3.05, 3.63) is 29.8 Å². The van der Waals surface area contributed by atoms with Crippen LogP contribution in [0.2, 0.25) is 0 Å². The van der Waals surface area contributed by atoms with Gasteiger partial charge < -0.3 is 9.76 Å². The monoisotopic (exact) mass is 249 g/mol. The molecule has 0 saturated carbocycles. The summed E-state index contributed by atoms with van der Waals surface area (Å²) < 4.78 is 5.41. The summed E-state index contributed by atoms with van der Waals surface area (Å²) in [7, 11) is 2.74. The Morgan fingerprint density at radius 2 is 1.89 bits per heavy atom. The Morgan fingerprint density at radius 3 is 2.39 bits per heavy atom. The maximum Gasteiger partial charge on any atom is 0.330 e. The Bertz CT molecular complexity index is 364. The van der Waals surface area contributed by atoms with Crippen molar-refractivity contribution in [2.45, 2.75) is 39.7 Å². The van der Waals surface area contributed by atoms with E-state index >= 15 is 0 Å². The first kappa shape index (κ1) is 16.9. The van der Waals surface area contributed by atoms with E-state index in [9.17, 15) is 4.79 Å². The summed E-state index contributed by atoms with van der Waals surface area (Å²) in [6.45, 7) is 7.51. The molecule has 0 aliphatic rings. The second kappa shape index (κ2) is 8.89. The molecule has 1 radical (unpaired) electrons. The highest BCUT2D eigenvalue weighted by Crippen LogP contribution is 2.14.